The third-order valence-electron chi connectivity index (χ3n) is 4.93. The molecule has 3 aromatic rings. The van der Waals surface area contributed by atoms with Crippen LogP contribution < -0.4 is 18.9 Å². The smallest absolute Gasteiger partial charge is 0.174 e. The first-order valence-electron chi connectivity index (χ1n) is 8.65. The number of furan rings is 1. The van der Waals surface area contributed by atoms with Crippen molar-refractivity contribution in [2.75, 3.05) is 27.9 Å². The highest BCUT2D eigenvalue weighted by Gasteiger charge is 2.32. The van der Waals surface area contributed by atoms with Gasteiger partial charge in [0.25, 0.3) is 0 Å². The Bertz CT molecular complexity index is 1000. The number of rotatable bonds is 5. The number of hydrogen-bond acceptors (Lipinski definition) is 6. The lowest BCUT2D eigenvalue weighted by Crippen LogP contribution is -2.22. The number of hydrogen-bond donors (Lipinski definition) is 0. The van der Waals surface area contributed by atoms with Gasteiger partial charge in [-0.3, -0.25) is 4.79 Å². The number of methoxy groups -OCH3 is 3. The van der Waals surface area contributed by atoms with Crippen molar-refractivity contribution in [3.05, 3.63) is 47.7 Å². The molecule has 1 unspecified atom stereocenters. The molecule has 2 aromatic carbocycles. The van der Waals surface area contributed by atoms with E-state index in [2.05, 4.69) is 0 Å². The van der Waals surface area contributed by atoms with Crippen molar-refractivity contribution in [2.24, 2.45) is 0 Å². The van der Waals surface area contributed by atoms with Crippen LogP contribution in [0.4, 0.5) is 0 Å². The molecular weight excluding hydrogens is 348 g/mol. The Labute approximate surface area is 156 Å². The van der Waals surface area contributed by atoms with E-state index in [0.717, 1.165) is 10.9 Å². The van der Waals surface area contributed by atoms with E-state index >= 15 is 0 Å². The Kier molecular flexibility index (Phi) is 4.39. The van der Waals surface area contributed by atoms with E-state index in [4.69, 9.17) is 23.4 Å². The zero-order chi connectivity index (χ0) is 19.0. The number of Topliss-reactive ketones (excluding diaryl/α,β-unsaturated/α-hetero) is 1. The molecule has 0 N–H and O–H groups in total. The molecule has 1 aliphatic rings. The number of ether oxygens (including phenoxy) is 4. The van der Waals surface area contributed by atoms with E-state index in [0.29, 0.717) is 47.2 Å². The van der Waals surface area contributed by atoms with Crippen molar-refractivity contribution >= 4 is 16.8 Å². The number of fused-ring (bicyclic) bond motifs is 2. The van der Waals surface area contributed by atoms with Crippen molar-refractivity contribution in [2.45, 2.75) is 12.3 Å². The summed E-state index contributed by atoms with van der Waals surface area (Å²) in [6.45, 7) is 0.454. The van der Waals surface area contributed by atoms with Crippen molar-refractivity contribution in [1.82, 2.24) is 0 Å². The van der Waals surface area contributed by atoms with E-state index in [1.54, 1.807) is 51.9 Å². The molecule has 2 heterocycles. The fraction of sp³-hybridized carbons (Fsp3) is 0.286. The van der Waals surface area contributed by atoms with Gasteiger partial charge in [0.1, 0.15) is 17.1 Å². The van der Waals surface area contributed by atoms with Gasteiger partial charge >= 0.3 is 0 Å². The van der Waals surface area contributed by atoms with E-state index < -0.39 is 0 Å². The van der Waals surface area contributed by atoms with E-state index in [-0.39, 0.29) is 11.7 Å². The van der Waals surface area contributed by atoms with Crippen LogP contribution in [0.3, 0.4) is 0 Å². The quantitative estimate of drug-likeness (QED) is 0.629. The first kappa shape index (κ1) is 17.3. The van der Waals surface area contributed by atoms with Crippen molar-refractivity contribution in [3.63, 3.8) is 0 Å². The third-order valence-corrected chi connectivity index (χ3v) is 4.93. The highest BCUT2D eigenvalue weighted by atomic mass is 16.5. The van der Waals surface area contributed by atoms with Gasteiger partial charge in [-0.2, -0.15) is 0 Å². The molecule has 0 amide bonds. The maximum Gasteiger partial charge on any atom is 0.174 e. The highest BCUT2D eigenvalue weighted by molar-refractivity contribution is 6.07. The molecule has 0 fully saturated rings. The zero-order valence-corrected chi connectivity index (χ0v) is 15.4. The third kappa shape index (κ3) is 2.77. The fourth-order valence-corrected chi connectivity index (χ4v) is 3.61. The minimum Gasteiger partial charge on any atom is -0.495 e. The molecule has 0 saturated carbocycles. The molecule has 6 nitrogen and oxygen atoms in total. The number of benzene rings is 2. The number of carbonyl (C=O) groups excluding carboxylic acids is 1. The average Bonchev–Trinajstić information content (AvgIpc) is 3.19. The van der Waals surface area contributed by atoms with Crippen LogP contribution in [-0.4, -0.2) is 33.7 Å². The Balaban J connectivity index is 1.80. The van der Waals surface area contributed by atoms with Crippen LogP contribution in [-0.2, 0) is 0 Å². The standard InChI is InChI=1S/C21H20O6/c1-23-18-10-15-12(6-8-27-17(15)11-19(18)24-2)20(22)14-4-5-16-13(7-9-26-16)21(14)25-3/h4-5,7,9-12H,6,8H2,1-3H3. The minimum atomic E-state index is -0.355. The van der Waals surface area contributed by atoms with Crippen LogP contribution in [0.25, 0.3) is 11.0 Å². The van der Waals surface area contributed by atoms with Crippen LogP contribution in [0.2, 0.25) is 0 Å². The molecule has 0 bridgehead atoms. The van der Waals surface area contributed by atoms with Crippen LogP contribution in [0.1, 0.15) is 28.3 Å². The highest BCUT2D eigenvalue weighted by Crippen LogP contribution is 2.44. The molecule has 0 radical (unpaired) electrons. The zero-order valence-electron chi connectivity index (χ0n) is 15.4. The van der Waals surface area contributed by atoms with Gasteiger partial charge in [-0.05, 0) is 30.7 Å². The number of ketones is 1. The SMILES string of the molecule is COc1cc2c(cc1OC)C(C(=O)c1ccc3occc3c1OC)CCO2. The summed E-state index contributed by atoms with van der Waals surface area (Å²) in [5.74, 6) is 1.93. The monoisotopic (exact) mass is 368 g/mol. The summed E-state index contributed by atoms with van der Waals surface area (Å²) >= 11 is 0. The summed E-state index contributed by atoms with van der Waals surface area (Å²) in [7, 11) is 4.70. The first-order valence-corrected chi connectivity index (χ1v) is 8.65. The first-order chi connectivity index (χ1) is 13.2. The van der Waals surface area contributed by atoms with Crippen LogP contribution in [0.5, 0.6) is 23.0 Å². The van der Waals surface area contributed by atoms with Gasteiger partial charge < -0.3 is 23.4 Å². The van der Waals surface area contributed by atoms with Gasteiger partial charge in [0.15, 0.2) is 17.3 Å². The molecule has 0 spiro atoms. The predicted octanol–water partition coefficient (Wildman–Crippen LogP) is 4.21. The van der Waals surface area contributed by atoms with Crippen molar-refractivity contribution in [3.8, 4) is 23.0 Å². The molecule has 1 aliphatic heterocycles. The van der Waals surface area contributed by atoms with E-state index in [1.807, 2.05) is 6.07 Å². The summed E-state index contributed by atoms with van der Waals surface area (Å²) in [5, 5.41) is 0.781. The number of carbonyl (C=O) groups is 1. The van der Waals surface area contributed by atoms with Crippen LogP contribution in [0.15, 0.2) is 41.0 Å². The fourth-order valence-electron chi connectivity index (χ4n) is 3.61. The van der Waals surface area contributed by atoms with Crippen molar-refractivity contribution in [1.29, 1.82) is 0 Å². The summed E-state index contributed by atoms with van der Waals surface area (Å²) < 4.78 is 27.5. The topological polar surface area (TPSA) is 67.1 Å². The van der Waals surface area contributed by atoms with Crippen LogP contribution >= 0.6 is 0 Å². The minimum absolute atomic E-state index is 0.0216. The Hall–Kier alpha value is -3.15. The lowest BCUT2D eigenvalue weighted by atomic mass is 9.85. The maximum absolute atomic E-state index is 13.4. The second kappa shape index (κ2) is 6.87. The lowest BCUT2D eigenvalue weighted by molar-refractivity contribution is 0.0930. The Morgan fingerprint density at radius 1 is 1.04 bits per heavy atom. The second-order valence-electron chi connectivity index (χ2n) is 6.28. The normalized spacial score (nSPS) is 15.7. The summed E-state index contributed by atoms with van der Waals surface area (Å²) in [4.78, 5) is 13.4. The molecule has 1 atom stereocenters. The lowest BCUT2D eigenvalue weighted by Gasteiger charge is -2.26. The summed E-state index contributed by atoms with van der Waals surface area (Å²) in [5.41, 5.74) is 2.00. The van der Waals surface area contributed by atoms with Gasteiger partial charge in [-0.15, -0.1) is 0 Å². The van der Waals surface area contributed by atoms with Gasteiger partial charge in [0.2, 0.25) is 0 Å². The average molecular weight is 368 g/mol. The molecule has 0 saturated heterocycles. The predicted molar refractivity (Wildman–Crippen MR) is 99.5 cm³/mol. The molecular formula is C21H20O6. The Morgan fingerprint density at radius 3 is 2.56 bits per heavy atom. The molecule has 4 rings (SSSR count). The summed E-state index contributed by atoms with van der Waals surface area (Å²) in [6, 6.07) is 8.93. The van der Waals surface area contributed by atoms with Gasteiger partial charge in [0, 0.05) is 11.6 Å². The largest absolute Gasteiger partial charge is 0.495 e. The van der Waals surface area contributed by atoms with Crippen molar-refractivity contribution < 1.29 is 28.2 Å². The maximum atomic E-state index is 13.4. The van der Waals surface area contributed by atoms with Gasteiger partial charge in [0.05, 0.1) is 51.1 Å². The van der Waals surface area contributed by atoms with Gasteiger partial charge in [-0.25, -0.2) is 0 Å². The molecule has 6 heteroatoms. The summed E-state index contributed by atoms with van der Waals surface area (Å²) in [6.07, 6.45) is 2.16. The molecule has 1 aromatic heterocycles. The molecule has 0 aliphatic carbocycles. The molecule has 140 valence electrons. The molecule has 27 heavy (non-hydrogen) atoms. The van der Waals surface area contributed by atoms with E-state index in [9.17, 15) is 4.79 Å². The second-order valence-corrected chi connectivity index (χ2v) is 6.28. The van der Waals surface area contributed by atoms with E-state index in [1.165, 1.54) is 0 Å². The van der Waals surface area contributed by atoms with Gasteiger partial charge in [-0.1, -0.05) is 0 Å². The Morgan fingerprint density at radius 2 is 1.81 bits per heavy atom. The van der Waals surface area contributed by atoms with Crippen LogP contribution in [0, 0.1) is 0 Å².